The van der Waals surface area contributed by atoms with Crippen LogP contribution >= 0.6 is 0 Å². The number of aliphatic imine (C=N–C) groups is 1. The molecule has 1 aromatic rings. The molecular weight excluding hydrogens is 138 g/mol. The van der Waals surface area contributed by atoms with Crippen molar-refractivity contribution < 1.29 is 0 Å². The van der Waals surface area contributed by atoms with Crippen LogP contribution in [-0.4, -0.2) is 12.2 Å². The number of benzene rings is 1. The quantitative estimate of drug-likeness (QED) is 0.531. The lowest BCUT2D eigenvalue weighted by atomic mass is 10.2. The van der Waals surface area contributed by atoms with Gasteiger partial charge in [-0.15, -0.1) is 5.10 Å². The molecule has 11 heavy (non-hydrogen) atoms. The fraction of sp³-hybridized carbons (Fsp3) is 0. The highest BCUT2D eigenvalue weighted by molar-refractivity contribution is 5.88. The van der Waals surface area contributed by atoms with Gasteiger partial charge in [0, 0.05) is 5.56 Å². The van der Waals surface area contributed by atoms with E-state index < -0.39 is 0 Å². The maximum absolute atomic E-state index is 3.95. The average molecular weight is 143 g/mol. The third kappa shape index (κ3) is 1.09. The summed E-state index contributed by atoms with van der Waals surface area (Å²) in [6, 6.07) is 10.1. The summed E-state index contributed by atoms with van der Waals surface area (Å²) in [5.74, 6) is 0. The molecule has 2 rings (SSSR count). The van der Waals surface area contributed by atoms with Gasteiger partial charge < -0.3 is 0 Å². The number of rotatable bonds is 0. The van der Waals surface area contributed by atoms with Crippen LogP contribution in [0.15, 0.2) is 39.5 Å². The molecule has 0 aromatic heterocycles. The zero-order valence-corrected chi connectivity index (χ0v) is 5.73. The number of nitrogens with zero attached hydrogens (tertiary/aromatic N) is 3. The minimum atomic E-state index is 0.859. The molecule has 0 radical (unpaired) electrons. The van der Waals surface area contributed by atoms with Crippen molar-refractivity contribution in [2.45, 2.75) is 0 Å². The minimum absolute atomic E-state index is 0.859. The van der Waals surface area contributed by atoms with Crippen molar-refractivity contribution in [2.75, 3.05) is 0 Å². The Hall–Kier alpha value is -1.73. The lowest BCUT2D eigenvalue weighted by molar-refractivity contribution is 1.27. The van der Waals surface area contributed by atoms with Crippen LogP contribution in [0.5, 0.6) is 0 Å². The first-order chi connectivity index (χ1) is 5.47. The molecule has 1 aliphatic heterocycles. The molecule has 0 aliphatic carbocycles. The van der Waals surface area contributed by atoms with Gasteiger partial charge in [-0.3, -0.25) is 0 Å². The van der Waals surface area contributed by atoms with Crippen molar-refractivity contribution in [3.05, 3.63) is 29.8 Å². The lowest BCUT2D eigenvalue weighted by Crippen LogP contribution is -1.78. The Balaban J connectivity index is 2.67. The summed E-state index contributed by atoms with van der Waals surface area (Å²) < 4.78 is 0. The zero-order valence-electron chi connectivity index (χ0n) is 5.73. The first-order valence-corrected chi connectivity index (χ1v) is 3.25. The molecule has 0 saturated carbocycles. The highest BCUT2D eigenvalue weighted by atomic mass is 15.2. The van der Waals surface area contributed by atoms with Gasteiger partial charge in [-0.1, -0.05) is 23.3 Å². The van der Waals surface area contributed by atoms with Crippen LogP contribution in [-0.2, 0) is 0 Å². The van der Waals surface area contributed by atoms with E-state index in [0.29, 0.717) is 0 Å². The molecule has 1 heterocycles. The maximum Gasteiger partial charge on any atom is 0.123 e. The van der Waals surface area contributed by atoms with E-state index in [9.17, 15) is 0 Å². The second-order valence-corrected chi connectivity index (χ2v) is 2.12. The summed E-state index contributed by atoms with van der Waals surface area (Å²) in [5.41, 5.74) is 1.83. The molecule has 0 fully saturated rings. The highest BCUT2D eigenvalue weighted by Gasteiger charge is 1.96. The molecule has 0 atom stereocenters. The Labute approximate surface area is 63.8 Å². The normalized spacial score (nSPS) is 12.7. The maximum atomic E-state index is 3.95. The average Bonchev–Trinajstić information content (AvgIpc) is 2.28. The number of para-hydroxylation sites is 1. The zero-order chi connectivity index (χ0) is 7.52. The predicted molar refractivity (Wildman–Crippen MR) is 43.6 cm³/mol. The van der Waals surface area contributed by atoms with E-state index in [1.165, 1.54) is 0 Å². The molecule has 0 unspecified atom stereocenters. The largest absolute Gasteiger partial charge is 0.185 e. The summed E-state index contributed by atoms with van der Waals surface area (Å²) in [6.45, 7) is 0. The second kappa shape index (κ2) is 2.48. The van der Waals surface area contributed by atoms with Gasteiger partial charge in [-0.05, 0) is 6.07 Å². The summed E-state index contributed by atoms with van der Waals surface area (Å²) in [4.78, 5) is 3.95. The predicted octanol–water partition coefficient (Wildman–Crippen LogP) is 1.84. The van der Waals surface area contributed by atoms with E-state index >= 15 is 0 Å². The first-order valence-electron chi connectivity index (χ1n) is 3.25. The third-order valence-corrected chi connectivity index (χ3v) is 1.41. The van der Waals surface area contributed by atoms with Crippen molar-refractivity contribution in [2.24, 2.45) is 15.2 Å². The van der Waals surface area contributed by atoms with Crippen LogP contribution in [0.25, 0.3) is 0 Å². The van der Waals surface area contributed by atoms with Crippen LogP contribution in [0.1, 0.15) is 5.56 Å². The molecule has 52 valence electrons. The van der Waals surface area contributed by atoms with E-state index in [1.807, 2.05) is 24.3 Å². The van der Waals surface area contributed by atoms with Crippen LogP contribution in [0, 0.1) is 0 Å². The van der Waals surface area contributed by atoms with Gasteiger partial charge in [0.1, 0.15) is 6.01 Å². The van der Waals surface area contributed by atoms with Gasteiger partial charge in [0.15, 0.2) is 0 Å². The highest BCUT2D eigenvalue weighted by Crippen LogP contribution is 2.16. The molecule has 0 N–H and O–H groups in total. The van der Waals surface area contributed by atoms with Crippen molar-refractivity contribution in [3.8, 4) is 0 Å². The Morgan fingerprint density at radius 2 is 2.09 bits per heavy atom. The molecule has 0 spiro atoms. The molecule has 0 saturated heterocycles. The monoisotopic (exact) mass is 143 g/mol. The summed E-state index contributed by atoms with van der Waals surface area (Å²) in [7, 11) is 0. The van der Waals surface area contributed by atoms with E-state index in [0.717, 1.165) is 11.3 Å². The Morgan fingerprint density at radius 3 is 3.09 bits per heavy atom. The SMILES string of the molecule is C1=NN=Cc2ccccc2N=1. The van der Waals surface area contributed by atoms with Crippen LogP contribution in [0.4, 0.5) is 5.69 Å². The van der Waals surface area contributed by atoms with Crippen LogP contribution in [0.3, 0.4) is 0 Å². The minimum Gasteiger partial charge on any atom is -0.185 e. The van der Waals surface area contributed by atoms with Crippen LogP contribution in [0.2, 0.25) is 0 Å². The number of hydrogen-bond acceptors (Lipinski definition) is 3. The Morgan fingerprint density at radius 1 is 1.18 bits per heavy atom. The van der Waals surface area contributed by atoms with Gasteiger partial charge in [0.05, 0.1) is 11.9 Å². The van der Waals surface area contributed by atoms with Crippen LogP contribution < -0.4 is 0 Å². The van der Waals surface area contributed by atoms with Gasteiger partial charge in [-0.25, -0.2) is 0 Å². The summed E-state index contributed by atoms with van der Waals surface area (Å²) >= 11 is 0. The third-order valence-electron chi connectivity index (χ3n) is 1.41. The van der Waals surface area contributed by atoms with Gasteiger partial charge in [-0.2, -0.15) is 4.99 Å². The van der Waals surface area contributed by atoms with E-state index in [1.54, 1.807) is 6.21 Å². The number of hydrogen-bond donors (Lipinski definition) is 0. The second-order valence-electron chi connectivity index (χ2n) is 2.12. The van der Waals surface area contributed by atoms with Crippen molar-refractivity contribution in [1.82, 2.24) is 0 Å². The first kappa shape index (κ1) is 6.01. The van der Waals surface area contributed by atoms with E-state index in [-0.39, 0.29) is 0 Å². The summed E-state index contributed by atoms with van der Waals surface area (Å²) in [6.07, 6.45) is 1.67. The Kier molecular flexibility index (Phi) is 1.36. The van der Waals surface area contributed by atoms with Crippen molar-refractivity contribution in [3.63, 3.8) is 0 Å². The van der Waals surface area contributed by atoms with Gasteiger partial charge in [0.2, 0.25) is 0 Å². The summed E-state index contributed by atoms with van der Waals surface area (Å²) in [5, 5.41) is 7.25. The lowest BCUT2D eigenvalue weighted by Gasteiger charge is -1.93. The molecule has 0 bridgehead atoms. The Bertz CT molecular complexity index is 359. The van der Waals surface area contributed by atoms with Gasteiger partial charge in [0.25, 0.3) is 0 Å². The standard InChI is InChI=1S/C8H5N3/c1-2-4-8-7(3-1)5-10-11-6-9-8/h1-5H. The van der Waals surface area contributed by atoms with Gasteiger partial charge >= 0.3 is 0 Å². The van der Waals surface area contributed by atoms with Crippen molar-refractivity contribution >= 4 is 17.9 Å². The molecule has 1 aromatic carbocycles. The molecule has 3 heteroatoms. The number of fused-ring (bicyclic) bond motifs is 1. The topological polar surface area (TPSA) is 37.1 Å². The molecule has 3 nitrogen and oxygen atoms in total. The van der Waals surface area contributed by atoms with E-state index in [2.05, 4.69) is 21.2 Å². The fourth-order valence-electron chi connectivity index (χ4n) is 0.892. The van der Waals surface area contributed by atoms with Crippen molar-refractivity contribution in [1.29, 1.82) is 0 Å². The molecule has 1 aliphatic rings. The molecular formula is C8H5N3. The molecule has 0 amide bonds. The van der Waals surface area contributed by atoms with E-state index in [4.69, 9.17) is 0 Å². The smallest absolute Gasteiger partial charge is 0.123 e. The fourth-order valence-corrected chi connectivity index (χ4v) is 0.892.